The average Bonchev–Trinajstić information content (AvgIpc) is 3.26. The van der Waals surface area contributed by atoms with Gasteiger partial charge in [0.1, 0.15) is 6.04 Å². The van der Waals surface area contributed by atoms with Crippen molar-refractivity contribution in [2.24, 2.45) is 5.92 Å². The Labute approximate surface area is 180 Å². The van der Waals surface area contributed by atoms with Crippen LogP contribution >= 0.6 is 0 Å². The van der Waals surface area contributed by atoms with Crippen LogP contribution in [0.4, 0.5) is 0 Å². The molecule has 2 aromatic carbocycles. The normalized spacial score (nSPS) is 11.6. The van der Waals surface area contributed by atoms with E-state index in [0.29, 0.717) is 11.3 Å². The van der Waals surface area contributed by atoms with Crippen LogP contribution in [0.25, 0.3) is 11.3 Å². The fraction of sp³-hybridized carbons (Fsp3) is 0.217. The summed E-state index contributed by atoms with van der Waals surface area (Å²) in [6.07, 6.45) is 0. The van der Waals surface area contributed by atoms with Gasteiger partial charge in [0.05, 0.1) is 0 Å². The summed E-state index contributed by atoms with van der Waals surface area (Å²) in [5.74, 6) is -1.31. The summed E-state index contributed by atoms with van der Waals surface area (Å²) >= 11 is 0. The van der Waals surface area contributed by atoms with Crippen LogP contribution in [-0.2, 0) is 4.79 Å². The summed E-state index contributed by atoms with van der Waals surface area (Å²) in [5.41, 5.74) is 6.74. The Balaban J connectivity index is 1.61. The third kappa shape index (κ3) is 5.36. The highest BCUT2D eigenvalue weighted by molar-refractivity contribution is 5.99. The molecular weight excluding hydrogens is 396 g/mol. The van der Waals surface area contributed by atoms with Crippen molar-refractivity contribution in [1.82, 2.24) is 21.3 Å². The lowest BCUT2D eigenvalue weighted by atomic mass is 10.0. The Bertz CT molecular complexity index is 1080. The van der Waals surface area contributed by atoms with Gasteiger partial charge in [0, 0.05) is 17.2 Å². The molecule has 1 heterocycles. The van der Waals surface area contributed by atoms with Gasteiger partial charge in [-0.3, -0.25) is 25.2 Å². The maximum atomic E-state index is 12.6. The number of hydrazine groups is 1. The van der Waals surface area contributed by atoms with Crippen molar-refractivity contribution >= 4 is 17.7 Å². The number of carbonyl (C=O) groups excluding carboxylic acids is 3. The number of aromatic nitrogens is 1. The number of aryl methyl sites for hydroxylation is 1. The van der Waals surface area contributed by atoms with Crippen molar-refractivity contribution in [3.8, 4) is 11.3 Å². The van der Waals surface area contributed by atoms with Crippen molar-refractivity contribution in [3.63, 3.8) is 0 Å². The molecule has 3 N–H and O–H groups in total. The Hall–Kier alpha value is -3.94. The van der Waals surface area contributed by atoms with E-state index in [1.165, 1.54) is 6.07 Å². The molecule has 1 unspecified atom stereocenters. The molecule has 3 rings (SSSR count). The maximum absolute atomic E-state index is 12.6. The van der Waals surface area contributed by atoms with E-state index >= 15 is 0 Å². The molecule has 0 saturated carbocycles. The van der Waals surface area contributed by atoms with Crippen molar-refractivity contribution in [3.05, 3.63) is 77.5 Å². The second kappa shape index (κ2) is 9.71. The van der Waals surface area contributed by atoms with Crippen LogP contribution in [0.5, 0.6) is 0 Å². The fourth-order valence-electron chi connectivity index (χ4n) is 2.96. The fourth-order valence-corrected chi connectivity index (χ4v) is 2.96. The first kappa shape index (κ1) is 21.8. The number of nitrogens with one attached hydrogen (secondary N) is 3. The summed E-state index contributed by atoms with van der Waals surface area (Å²) in [4.78, 5) is 37.5. The van der Waals surface area contributed by atoms with E-state index in [-0.39, 0.29) is 17.5 Å². The van der Waals surface area contributed by atoms with Crippen LogP contribution in [0.15, 0.2) is 65.2 Å². The minimum atomic E-state index is -0.843. The number of hydrogen-bond acceptors (Lipinski definition) is 5. The maximum Gasteiger partial charge on any atom is 0.291 e. The second-order valence-corrected chi connectivity index (χ2v) is 7.40. The number of amides is 3. The zero-order chi connectivity index (χ0) is 22.4. The molecule has 160 valence electrons. The van der Waals surface area contributed by atoms with Gasteiger partial charge in [-0.25, -0.2) is 0 Å². The number of nitrogens with zero attached hydrogens (tertiary/aromatic N) is 1. The van der Waals surface area contributed by atoms with E-state index < -0.39 is 17.9 Å². The molecule has 0 aliphatic carbocycles. The first-order valence-electron chi connectivity index (χ1n) is 9.85. The molecule has 1 aromatic heterocycles. The zero-order valence-corrected chi connectivity index (χ0v) is 17.5. The standard InChI is InChI=1S/C23H24N4O4/c1-14(2)20(24-21(28)17-12-8-7-9-15(17)3)23(30)26-25-22(29)18-13-19(31-27-18)16-10-5-4-6-11-16/h4-14,20H,1-3H3,(H,24,28)(H,25,29)(H,26,30). The van der Waals surface area contributed by atoms with Gasteiger partial charge in [-0.15, -0.1) is 0 Å². The Morgan fingerprint density at radius 3 is 2.26 bits per heavy atom. The minimum Gasteiger partial charge on any atom is -0.355 e. The summed E-state index contributed by atoms with van der Waals surface area (Å²) in [5, 5.41) is 6.47. The number of hydrogen-bond donors (Lipinski definition) is 3. The SMILES string of the molecule is Cc1ccccc1C(=O)NC(C(=O)NNC(=O)c1cc(-c2ccccc2)on1)C(C)C. The molecule has 3 aromatic rings. The molecule has 0 saturated heterocycles. The molecule has 0 bridgehead atoms. The third-order valence-electron chi connectivity index (χ3n) is 4.73. The van der Waals surface area contributed by atoms with Crippen LogP contribution in [0.1, 0.15) is 40.3 Å². The zero-order valence-electron chi connectivity index (χ0n) is 17.5. The van der Waals surface area contributed by atoms with Crippen LogP contribution in [0.2, 0.25) is 0 Å². The monoisotopic (exact) mass is 420 g/mol. The van der Waals surface area contributed by atoms with Gasteiger partial charge >= 0.3 is 0 Å². The van der Waals surface area contributed by atoms with Crippen LogP contribution < -0.4 is 16.2 Å². The summed E-state index contributed by atoms with van der Waals surface area (Å²) in [7, 11) is 0. The van der Waals surface area contributed by atoms with E-state index in [9.17, 15) is 14.4 Å². The van der Waals surface area contributed by atoms with Crippen LogP contribution in [0.3, 0.4) is 0 Å². The third-order valence-corrected chi connectivity index (χ3v) is 4.73. The molecule has 0 aliphatic heterocycles. The van der Waals surface area contributed by atoms with Gasteiger partial charge in [-0.2, -0.15) is 0 Å². The first-order valence-corrected chi connectivity index (χ1v) is 9.85. The molecule has 8 heteroatoms. The van der Waals surface area contributed by atoms with Gasteiger partial charge in [0.15, 0.2) is 11.5 Å². The highest BCUT2D eigenvalue weighted by atomic mass is 16.5. The van der Waals surface area contributed by atoms with Gasteiger partial charge < -0.3 is 9.84 Å². The Morgan fingerprint density at radius 1 is 0.903 bits per heavy atom. The number of rotatable bonds is 6. The van der Waals surface area contributed by atoms with E-state index in [4.69, 9.17) is 4.52 Å². The Kier molecular flexibility index (Phi) is 6.81. The minimum absolute atomic E-state index is 0.0178. The smallest absolute Gasteiger partial charge is 0.291 e. The van der Waals surface area contributed by atoms with Crippen molar-refractivity contribution in [2.75, 3.05) is 0 Å². The molecule has 1 atom stereocenters. The lowest BCUT2D eigenvalue weighted by Gasteiger charge is -2.22. The van der Waals surface area contributed by atoms with Crippen LogP contribution in [0, 0.1) is 12.8 Å². The molecule has 31 heavy (non-hydrogen) atoms. The van der Waals surface area contributed by atoms with Crippen LogP contribution in [-0.4, -0.2) is 28.9 Å². The van der Waals surface area contributed by atoms with E-state index in [0.717, 1.165) is 11.1 Å². The summed E-state index contributed by atoms with van der Waals surface area (Å²) in [6.45, 7) is 5.42. The molecule has 0 spiro atoms. The highest BCUT2D eigenvalue weighted by Gasteiger charge is 2.26. The van der Waals surface area contributed by atoms with E-state index in [1.54, 1.807) is 26.0 Å². The lowest BCUT2D eigenvalue weighted by Crippen LogP contribution is -2.54. The number of carbonyl (C=O) groups is 3. The van der Waals surface area contributed by atoms with E-state index in [1.807, 2.05) is 49.4 Å². The van der Waals surface area contributed by atoms with Gasteiger partial charge in [-0.1, -0.05) is 67.5 Å². The van der Waals surface area contributed by atoms with E-state index in [2.05, 4.69) is 21.3 Å². The highest BCUT2D eigenvalue weighted by Crippen LogP contribution is 2.19. The van der Waals surface area contributed by atoms with Crippen molar-refractivity contribution < 1.29 is 18.9 Å². The predicted molar refractivity (Wildman–Crippen MR) is 115 cm³/mol. The largest absolute Gasteiger partial charge is 0.355 e. The average molecular weight is 420 g/mol. The van der Waals surface area contributed by atoms with Gasteiger partial charge in [-0.05, 0) is 24.5 Å². The predicted octanol–water partition coefficient (Wildman–Crippen LogP) is 2.87. The Morgan fingerprint density at radius 2 is 1.58 bits per heavy atom. The molecule has 0 radical (unpaired) electrons. The quantitative estimate of drug-likeness (QED) is 0.531. The summed E-state index contributed by atoms with van der Waals surface area (Å²) in [6, 6.07) is 17.0. The van der Waals surface area contributed by atoms with Gasteiger partial charge in [0.2, 0.25) is 0 Å². The molecular formula is C23H24N4O4. The molecule has 0 fully saturated rings. The lowest BCUT2D eigenvalue weighted by molar-refractivity contribution is -0.124. The molecule has 3 amide bonds. The first-order chi connectivity index (χ1) is 14.9. The topological polar surface area (TPSA) is 113 Å². The van der Waals surface area contributed by atoms with Crippen molar-refractivity contribution in [1.29, 1.82) is 0 Å². The molecule has 0 aliphatic rings. The van der Waals surface area contributed by atoms with Gasteiger partial charge in [0.25, 0.3) is 17.7 Å². The van der Waals surface area contributed by atoms with Crippen molar-refractivity contribution in [2.45, 2.75) is 26.8 Å². The summed E-state index contributed by atoms with van der Waals surface area (Å²) < 4.78 is 5.20. The number of benzene rings is 2. The second-order valence-electron chi connectivity index (χ2n) is 7.40. The molecule has 8 nitrogen and oxygen atoms in total.